The van der Waals surface area contributed by atoms with Crippen molar-refractivity contribution < 1.29 is 18.3 Å². The van der Waals surface area contributed by atoms with Crippen LogP contribution in [0, 0.1) is 13.8 Å². The summed E-state index contributed by atoms with van der Waals surface area (Å²) in [5, 5.41) is 9.54. The quantitative estimate of drug-likeness (QED) is 0.698. The largest absolute Gasteiger partial charge is 0.508 e. The highest BCUT2D eigenvalue weighted by molar-refractivity contribution is 7.92. The highest BCUT2D eigenvalue weighted by atomic mass is 32.2. The number of Topliss-reactive ketones (excluding diaryl/α,β-unsaturated/α-hetero) is 1. The van der Waals surface area contributed by atoms with Crippen molar-refractivity contribution in [3.05, 3.63) is 71.5 Å². The maximum absolute atomic E-state index is 12.7. The number of hydrogen-bond acceptors (Lipinski definition) is 5. The number of phenolic OH excluding ortho intramolecular Hbond substituents is 1. The Morgan fingerprint density at radius 3 is 2.46 bits per heavy atom. The van der Waals surface area contributed by atoms with Crippen molar-refractivity contribution in [2.45, 2.75) is 19.0 Å². The number of phenols is 1. The van der Waals surface area contributed by atoms with Crippen LogP contribution in [-0.4, -0.2) is 34.6 Å². The van der Waals surface area contributed by atoms with Gasteiger partial charge in [-0.25, -0.2) is 13.4 Å². The van der Waals surface area contributed by atoms with Crippen LogP contribution < -0.4 is 0 Å². The number of carbonyl (C=O) groups is 1. The van der Waals surface area contributed by atoms with Crippen LogP contribution in [0.2, 0.25) is 0 Å². The van der Waals surface area contributed by atoms with Gasteiger partial charge in [-0.05, 0) is 37.6 Å². The number of aromatic hydroxyl groups is 1. The second-order valence-electron chi connectivity index (χ2n) is 6.10. The first-order valence-corrected chi connectivity index (χ1v) is 9.59. The number of aryl methyl sites for hydroxylation is 2. The molecular weight excluding hydrogens is 352 g/mol. The predicted octanol–water partition coefficient (Wildman–Crippen LogP) is 2.85. The zero-order valence-corrected chi connectivity index (χ0v) is 15.2. The molecule has 0 aliphatic heterocycles. The highest BCUT2D eigenvalue weighted by Gasteiger charge is 2.26. The topological polar surface area (TPSA) is 89.3 Å². The van der Waals surface area contributed by atoms with Gasteiger partial charge in [0.2, 0.25) is 15.0 Å². The van der Waals surface area contributed by atoms with E-state index in [-0.39, 0.29) is 16.5 Å². The first-order chi connectivity index (χ1) is 12.3. The lowest BCUT2D eigenvalue weighted by Crippen LogP contribution is -2.20. The van der Waals surface area contributed by atoms with Gasteiger partial charge in [0, 0.05) is 23.6 Å². The molecule has 0 fully saturated rings. The summed E-state index contributed by atoms with van der Waals surface area (Å²) in [4.78, 5) is 16.3. The fourth-order valence-corrected chi connectivity index (χ4v) is 3.85. The van der Waals surface area contributed by atoms with Gasteiger partial charge in [-0.15, -0.1) is 0 Å². The number of benzene rings is 2. The molecule has 0 atom stereocenters. The summed E-state index contributed by atoms with van der Waals surface area (Å²) in [6.07, 6.45) is 2.93. The second kappa shape index (κ2) is 6.76. The maximum Gasteiger partial charge on any atom is 0.232 e. The average molecular weight is 370 g/mol. The van der Waals surface area contributed by atoms with Crippen molar-refractivity contribution in [3.8, 4) is 11.4 Å². The van der Waals surface area contributed by atoms with Gasteiger partial charge in [-0.2, -0.15) is 0 Å². The Morgan fingerprint density at radius 1 is 1.12 bits per heavy atom. The van der Waals surface area contributed by atoms with Gasteiger partial charge < -0.3 is 5.11 Å². The summed E-state index contributed by atoms with van der Waals surface area (Å²) in [6, 6.07) is 11.7. The second-order valence-corrected chi connectivity index (χ2v) is 7.98. The first kappa shape index (κ1) is 17.9. The van der Waals surface area contributed by atoms with Crippen LogP contribution in [0.5, 0.6) is 5.75 Å². The Balaban J connectivity index is 1.92. The zero-order chi connectivity index (χ0) is 18.9. The van der Waals surface area contributed by atoms with Crippen LogP contribution in [0.3, 0.4) is 0 Å². The van der Waals surface area contributed by atoms with E-state index in [9.17, 15) is 18.3 Å². The average Bonchev–Trinajstić information content (AvgIpc) is 3.08. The molecule has 7 heteroatoms. The van der Waals surface area contributed by atoms with Gasteiger partial charge in [-0.3, -0.25) is 9.36 Å². The van der Waals surface area contributed by atoms with E-state index in [1.54, 1.807) is 31.3 Å². The summed E-state index contributed by atoms with van der Waals surface area (Å²) in [5.41, 5.74) is 2.45. The molecule has 0 aliphatic carbocycles. The standard InChI is InChI=1S/C19H18N2O4S/c1-13-3-7-16(8-4-13)21-10-9-20-19(21)26(24,25)12-18(23)15-6-5-14(2)17(22)11-15/h3-11,22H,12H2,1-2H3. The van der Waals surface area contributed by atoms with Crippen molar-refractivity contribution >= 4 is 15.6 Å². The minimum atomic E-state index is -3.96. The van der Waals surface area contributed by atoms with Crippen LogP contribution in [0.15, 0.2) is 60.0 Å². The number of nitrogens with zero attached hydrogens (tertiary/aromatic N) is 2. The summed E-state index contributed by atoms with van der Waals surface area (Å²) < 4.78 is 26.9. The van der Waals surface area contributed by atoms with Gasteiger partial charge >= 0.3 is 0 Å². The van der Waals surface area contributed by atoms with Crippen LogP contribution in [-0.2, 0) is 9.84 Å². The van der Waals surface area contributed by atoms with E-state index in [2.05, 4.69) is 4.98 Å². The molecule has 134 valence electrons. The predicted molar refractivity (Wildman–Crippen MR) is 97.5 cm³/mol. The van der Waals surface area contributed by atoms with Crippen LogP contribution in [0.4, 0.5) is 0 Å². The molecule has 3 aromatic rings. The lowest BCUT2D eigenvalue weighted by Gasteiger charge is -2.09. The van der Waals surface area contributed by atoms with Crippen molar-refractivity contribution in [1.29, 1.82) is 0 Å². The fourth-order valence-electron chi connectivity index (χ4n) is 2.53. The van der Waals surface area contributed by atoms with Gasteiger partial charge in [0.05, 0.1) is 0 Å². The normalized spacial score (nSPS) is 11.5. The third-order valence-electron chi connectivity index (χ3n) is 4.05. The molecule has 0 radical (unpaired) electrons. The smallest absolute Gasteiger partial charge is 0.232 e. The molecule has 0 spiro atoms. The number of hydrogen-bond donors (Lipinski definition) is 1. The molecule has 26 heavy (non-hydrogen) atoms. The summed E-state index contributed by atoms with van der Waals surface area (Å²) in [5.74, 6) is -1.37. The van der Waals surface area contributed by atoms with Crippen molar-refractivity contribution in [2.24, 2.45) is 0 Å². The van der Waals surface area contributed by atoms with Gasteiger partial charge in [-0.1, -0.05) is 29.8 Å². The van der Waals surface area contributed by atoms with E-state index in [1.165, 1.54) is 22.9 Å². The summed E-state index contributed by atoms with van der Waals surface area (Å²) in [6.45, 7) is 3.63. The SMILES string of the molecule is Cc1ccc(-n2ccnc2S(=O)(=O)CC(=O)c2ccc(C)c(O)c2)cc1. The monoisotopic (exact) mass is 370 g/mol. The Kier molecular flexibility index (Phi) is 4.65. The van der Waals surface area contributed by atoms with Gasteiger partial charge in [0.25, 0.3) is 0 Å². The molecule has 0 amide bonds. The number of carbonyl (C=O) groups excluding carboxylic acids is 1. The zero-order valence-electron chi connectivity index (χ0n) is 14.4. The Bertz CT molecular complexity index is 1070. The lowest BCUT2D eigenvalue weighted by atomic mass is 10.1. The molecule has 1 aromatic heterocycles. The Morgan fingerprint density at radius 2 is 1.81 bits per heavy atom. The van der Waals surface area contributed by atoms with E-state index < -0.39 is 21.4 Å². The summed E-state index contributed by atoms with van der Waals surface area (Å²) in [7, 11) is -3.96. The van der Waals surface area contributed by atoms with Gasteiger partial charge in [0.1, 0.15) is 11.5 Å². The fraction of sp³-hybridized carbons (Fsp3) is 0.158. The molecule has 1 heterocycles. The summed E-state index contributed by atoms with van der Waals surface area (Å²) >= 11 is 0. The molecule has 0 bridgehead atoms. The molecule has 0 aliphatic rings. The lowest BCUT2D eigenvalue weighted by molar-refractivity contribution is 0.102. The molecule has 0 saturated carbocycles. The molecule has 1 N–H and O–H groups in total. The number of sulfone groups is 1. The van der Waals surface area contributed by atoms with Crippen molar-refractivity contribution in [1.82, 2.24) is 9.55 Å². The number of aromatic nitrogens is 2. The Labute approximate surface area is 151 Å². The molecule has 3 rings (SSSR count). The number of imidazole rings is 1. The van der Waals surface area contributed by atoms with E-state index >= 15 is 0 Å². The van der Waals surface area contributed by atoms with Gasteiger partial charge in [0.15, 0.2) is 5.78 Å². The molecular formula is C19H18N2O4S. The van der Waals surface area contributed by atoms with E-state index in [0.717, 1.165) is 5.56 Å². The minimum absolute atomic E-state index is 0.0468. The van der Waals surface area contributed by atoms with E-state index in [1.807, 2.05) is 19.1 Å². The minimum Gasteiger partial charge on any atom is -0.508 e. The van der Waals surface area contributed by atoms with E-state index in [4.69, 9.17) is 0 Å². The van der Waals surface area contributed by atoms with E-state index in [0.29, 0.717) is 11.3 Å². The molecule has 0 saturated heterocycles. The molecule has 0 unspecified atom stereocenters. The molecule has 2 aromatic carbocycles. The van der Waals surface area contributed by atoms with Crippen LogP contribution >= 0.6 is 0 Å². The number of rotatable bonds is 5. The first-order valence-electron chi connectivity index (χ1n) is 7.94. The third-order valence-corrected chi connectivity index (χ3v) is 5.55. The van der Waals surface area contributed by atoms with Crippen LogP contribution in [0.25, 0.3) is 5.69 Å². The van der Waals surface area contributed by atoms with Crippen molar-refractivity contribution in [3.63, 3.8) is 0 Å². The number of ketones is 1. The van der Waals surface area contributed by atoms with Crippen LogP contribution in [0.1, 0.15) is 21.5 Å². The Hall–Kier alpha value is -2.93. The molecule has 6 nitrogen and oxygen atoms in total. The highest BCUT2D eigenvalue weighted by Crippen LogP contribution is 2.20. The van der Waals surface area contributed by atoms with Crippen molar-refractivity contribution in [2.75, 3.05) is 5.75 Å². The maximum atomic E-state index is 12.7. The third kappa shape index (κ3) is 3.52.